The van der Waals surface area contributed by atoms with Crippen molar-refractivity contribution in [1.29, 1.82) is 0 Å². The van der Waals surface area contributed by atoms with E-state index in [1.807, 2.05) is 30.3 Å². The summed E-state index contributed by atoms with van der Waals surface area (Å²) in [5.41, 5.74) is 1.12. The van der Waals surface area contributed by atoms with Crippen LogP contribution in [0.5, 0.6) is 0 Å². The molecule has 0 radical (unpaired) electrons. The second kappa shape index (κ2) is 5.99. The van der Waals surface area contributed by atoms with Gasteiger partial charge in [0.15, 0.2) is 0 Å². The molecule has 1 aromatic rings. The second-order valence-corrected chi connectivity index (χ2v) is 4.22. The average molecular weight is 261 g/mol. The van der Waals surface area contributed by atoms with Gasteiger partial charge in [-0.3, -0.25) is 14.5 Å². The zero-order chi connectivity index (χ0) is 13.7. The molecule has 0 saturated carbocycles. The standard InChI is InChI=1S/C13H15N3O3/c17-11(9-16-12(18)8-15-13(16)19)14-7-6-10-4-2-1-3-5-10/h1-5H,6-9H2,(H,14,17)(H,15,19). The van der Waals surface area contributed by atoms with Gasteiger partial charge in [-0.1, -0.05) is 30.3 Å². The number of nitrogens with one attached hydrogen (secondary N) is 2. The summed E-state index contributed by atoms with van der Waals surface area (Å²) in [6, 6.07) is 9.24. The Bertz CT molecular complexity index is 471. The summed E-state index contributed by atoms with van der Waals surface area (Å²) < 4.78 is 0. The predicted octanol–water partition coefficient (Wildman–Crippen LogP) is -0.103. The fourth-order valence-corrected chi connectivity index (χ4v) is 1.81. The number of hydrogen-bond donors (Lipinski definition) is 2. The van der Waals surface area contributed by atoms with E-state index in [4.69, 9.17) is 0 Å². The normalized spacial score (nSPS) is 14.4. The van der Waals surface area contributed by atoms with E-state index in [1.165, 1.54) is 0 Å². The maximum Gasteiger partial charge on any atom is 0.325 e. The lowest BCUT2D eigenvalue weighted by Gasteiger charge is -2.12. The third kappa shape index (κ3) is 3.54. The summed E-state index contributed by atoms with van der Waals surface area (Å²) in [5, 5.41) is 5.05. The minimum Gasteiger partial charge on any atom is -0.354 e. The Kier molecular flexibility index (Phi) is 4.12. The second-order valence-electron chi connectivity index (χ2n) is 4.22. The van der Waals surface area contributed by atoms with E-state index in [0.29, 0.717) is 13.0 Å². The first-order valence-electron chi connectivity index (χ1n) is 6.05. The summed E-state index contributed by atoms with van der Waals surface area (Å²) >= 11 is 0. The van der Waals surface area contributed by atoms with Crippen molar-refractivity contribution in [1.82, 2.24) is 15.5 Å². The summed E-state index contributed by atoms with van der Waals surface area (Å²) in [6.07, 6.45) is 0.715. The first-order valence-corrected chi connectivity index (χ1v) is 6.05. The number of carbonyl (C=O) groups is 3. The molecule has 4 amide bonds. The number of urea groups is 1. The molecule has 0 bridgehead atoms. The Morgan fingerprint density at radius 3 is 2.63 bits per heavy atom. The van der Waals surface area contributed by atoms with Crippen LogP contribution in [0.2, 0.25) is 0 Å². The first-order chi connectivity index (χ1) is 9.16. The molecular weight excluding hydrogens is 246 g/mol. The highest BCUT2D eigenvalue weighted by atomic mass is 16.2. The number of hydrogen-bond acceptors (Lipinski definition) is 3. The Hall–Kier alpha value is -2.37. The Morgan fingerprint density at radius 2 is 2.00 bits per heavy atom. The first kappa shape index (κ1) is 13.1. The molecule has 0 unspecified atom stereocenters. The molecule has 6 heteroatoms. The Balaban J connectivity index is 1.73. The molecule has 0 atom stereocenters. The highest BCUT2D eigenvalue weighted by Crippen LogP contribution is 1.99. The molecule has 1 aliphatic heterocycles. The van der Waals surface area contributed by atoms with Crippen LogP contribution < -0.4 is 10.6 Å². The van der Waals surface area contributed by atoms with Gasteiger partial charge in [-0.25, -0.2) is 4.79 Å². The highest BCUT2D eigenvalue weighted by Gasteiger charge is 2.29. The molecular formula is C13H15N3O3. The van der Waals surface area contributed by atoms with Crippen molar-refractivity contribution >= 4 is 17.8 Å². The quantitative estimate of drug-likeness (QED) is 0.726. The van der Waals surface area contributed by atoms with Crippen LogP contribution in [0.25, 0.3) is 0 Å². The van der Waals surface area contributed by atoms with Crippen LogP contribution >= 0.6 is 0 Å². The van der Waals surface area contributed by atoms with Crippen LogP contribution in [0.15, 0.2) is 30.3 Å². The fraction of sp³-hybridized carbons (Fsp3) is 0.308. The van der Waals surface area contributed by atoms with Gasteiger partial charge in [0.2, 0.25) is 5.91 Å². The summed E-state index contributed by atoms with van der Waals surface area (Å²) in [7, 11) is 0. The SMILES string of the molecule is O=C(CN1C(=O)CNC1=O)NCCc1ccccc1. The largest absolute Gasteiger partial charge is 0.354 e. The van der Waals surface area contributed by atoms with Crippen LogP contribution in [0.3, 0.4) is 0 Å². The van der Waals surface area contributed by atoms with Gasteiger partial charge in [0.05, 0.1) is 6.54 Å². The van der Waals surface area contributed by atoms with Gasteiger partial charge >= 0.3 is 6.03 Å². The van der Waals surface area contributed by atoms with Gasteiger partial charge in [0, 0.05) is 6.54 Å². The Labute approximate surface area is 110 Å². The van der Waals surface area contributed by atoms with E-state index < -0.39 is 6.03 Å². The zero-order valence-electron chi connectivity index (χ0n) is 10.4. The van der Waals surface area contributed by atoms with Crippen LogP contribution in [0.4, 0.5) is 4.79 Å². The monoisotopic (exact) mass is 261 g/mol. The van der Waals surface area contributed by atoms with Gasteiger partial charge in [-0.2, -0.15) is 0 Å². The van der Waals surface area contributed by atoms with Gasteiger partial charge < -0.3 is 10.6 Å². The molecule has 2 rings (SSSR count). The van der Waals surface area contributed by atoms with E-state index in [1.54, 1.807) is 0 Å². The highest BCUT2D eigenvalue weighted by molar-refractivity contribution is 6.04. The average Bonchev–Trinajstić information content (AvgIpc) is 2.72. The molecule has 100 valence electrons. The lowest BCUT2D eigenvalue weighted by molar-refractivity contribution is -0.130. The van der Waals surface area contributed by atoms with Crippen molar-refractivity contribution in [3.05, 3.63) is 35.9 Å². The minimum absolute atomic E-state index is 0.0316. The summed E-state index contributed by atoms with van der Waals surface area (Å²) in [4.78, 5) is 35.0. The number of amides is 4. The van der Waals surface area contributed by atoms with Gasteiger partial charge in [0.1, 0.15) is 6.54 Å². The van der Waals surface area contributed by atoms with Gasteiger partial charge in [0.25, 0.3) is 5.91 Å². The van der Waals surface area contributed by atoms with Gasteiger partial charge in [-0.05, 0) is 12.0 Å². The summed E-state index contributed by atoms with van der Waals surface area (Å²) in [6.45, 7) is 0.224. The topological polar surface area (TPSA) is 78.5 Å². The van der Waals surface area contributed by atoms with Crippen LogP contribution in [-0.2, 0) is 16.0 Å². The smallest absolute Gasteiger partial charge is 0.325 e. The minimum atomic E-state index is -0.511. The third-order valence-electron chi connectivity index (χ3n) is 2.82. The number of benzene rings is 1. The van der Waals surface area contributed by atoms with Crippen molar-refractivity contribution in [3.63, 3.8) is 0 Å². The lowest BCUT2D eigenvalue weighted by Crippen LogP contribution is -2.41. The van der Waals surface area contributed by atoms with Crippen molar-refractivity contribution in [3.8, 4) is 0 Å². The molecule has 0 aliphatic carbocycles. The fourth-order valence-electron chi connectivity index (χ4n) is 1.81. The molecule has 1 heterocycles. The maximum atomic E-state index is 11.6. The molecule has 1 saturated heterocycles. The third-order valence-corrected chi connectivity index (χ3v) is 2.82. The molecule has 6 nitrogen and oxygen atoms in total. The number of imide groups is 1. The molecule has 2 N–H and O–H groups in total. The molecule has 19 heavy (non-hydrogen) atoms. The predicted molar refractivity (Wildman–Crippen MR) is 68.3 cm³/mol. The van der Waals surface area contributed by atoms with E-state index in [2.05, 4.69) is 10.6 Å². The molecule has 1 aliphatic rings. The van der Waals surface area contributed by atoms with Crippen molar-refractivity contribution in [2.24, 2.45) is 0 Å². The van der Waals surface area contributed by atoms with Crippen LogP contribution in [0, 0.1) is 0 Å². The number of rotatable bonds is 5. The Morgan fingerprint density at radius 1 is 1.26 bits per heavy atom. The van der Waals surface area contributed by atoms with Gasteiger partial charge in [-0.15, -0.1) is 0 Å². The number of carbonyl (C=O) groups excluding carboxylic acids is 3. The molecule has 1 aromatic carbocycles. The summed E-state index contributed by atoms with van der Waals surface area (Å²) in [5.74, 6) is -0.704. The zero-order valence-corrected chi connectivity index (χ0v) is 10.4. The van der Waals surface area contributed by atoms with E-state index in [0.717, 1.165) is 10.5 Å². The van der Waals surface area contributed by atoms with Crippen LogP contribution in [0.1, 0.15) is 5.56 Å². The van der Waals surface area contributed by atoms with E-state index in [-0.39, 0.29) is 24.9 Å². The van der Waals surface area contributed by atoms with Crippen molar-refractivity contribution in [2.45, 2.75) is 6.42 Å². The maximum absolute atomic E-state index is 11.6. The molecule has 1 fully saturated rings. The molecule has 0 spiro atoms. The number of nitrogens with zero attached hydrogens (tertiary/aromatic N) is 1. The van der Waals surface area contributed by atoms with E-state index >= 15 is 0 Å². The lowest BCUT2D eigenvalue weighted by atomic mass is 10.1. The van der Waals surface area contributed by atoms with Crippen molar-refractivity contribution < 1.29 is 14.4 Å². The van der Waals surface area contributed by atoms with Crippen LogP contribution in [-0.4, -0.2) is 42.4 Å². The van der Waals surface area contributed by atoms with E-state index in [9.17, 15) is 14.4 Å². The molecule has 0 aromatic heterocycles. The van der Waals surface area contributed by atoms with Crippen molar-refractivity contribution in [2.75, 3.05) is 19.6 Å².